The summed E-state index contributed by atoms with van der Waals surface area (Å²) >= 11 is 1.51. The number of carbonyl (C=O) groups excluding carboxylic acids is 1. The van der Waals surface area contributed by atoms with Crippen LogP contribution in [0, 0.1) is 0 Å². The second-order valence-electron chi connectivity index (χ2n) is 7.19. The molecule has 5 nitrogen and oxygen atoms in total. The van der Waals surface area contributed by atoms with E-state index in [0.29, 0.717) is 17.8 Å². The van der Waals surface area contributed by atoms with Crippen LogP contribution in [-0.4, -0.2) is 35.6 Å². The molecule has 26 heavy (non-hydrogen) atoms. The lowest BCUT2D eigenvalue weighted by molar-refractivity contribution is 0.0919. The van der Waals surface area contributed by atoms with Gasteiger partial charge in [0.2, 0.25) is 0 Å². The molecule has 138 valence electrons. The molecular formula is C20H25N3O2S. The van der Waals surface area contributed by atoms with Crippen molar-refractivity contribution < 1.29 is 9.53 Å². The maximum atomic E-state index is 12.6. The predicted molar refractivity (Wildman–Crippen MR) is 104 cm³/mol. The second kappa shape index (κ2) is 7.76. The molecule has 2 saturated heterocycles. The summed E-state index contributed by atoms with van der Waals surface area (Å²) in [7, 11) is 0. The molecule has 2 N–H and O–H groups in total. The van der Waals surface area contributed by atoms with E-state index in [-0.39, 0.29) is 11.9 Å². The number of nitrogens with one attached hydrogen (secondary N) is 2. The summed E-state index contributed by atoms with van der Waals surface area (Å²) in [6.45, 7) is 2.81. The molecule has 6 heteroatoms. The average Bonchev–Trinajstić information content (AvgIpc) is 3.27. The minimum Gasteiger partial charge on any atom is -0.494 e. The minimum absolute atomic E-state index is 0.0540. The zero-order valence-corrected chi connectivity index (χ0v) is 15.8. The first-order valence-corrected chi connectivity index (χ1v) is 10.3. The monoisotopic (exact) mass is 371 g/mol. The van der Waals surface area contributed by atoms with Crippen molar-refractivity contribution >= 4 is 17.2 Å². The van der Waals surface area contributed by atoms with E-state index in [2.05, 4.69) is 22.5 Å². The summed E-state index contributed by atoms with van der Waals surface area (Å²) in [6, 6.07) is 9.30. The Morgan fingerprint density at radius 2 is 2.00 bits per heavy atom. The van der Waals surface area contributed by atoms with E-state index in [0.717, 1.165) is 42.2 Å². The number of benzene rings is 1. The van der Waals surface area contributed by atoms with Gasteiger partial charge in [0, 0.05) is 29.1 Å². The summed E-state index contributed by atoms with van der Waals surface area (Å²) in [5.41, 5.74) is 1.53. The standard InChI is InChI=1S/C20H25N3O2S/c1-2-9-25-17-7-3-13(4-8-17)20-23-18(12-26-20)19(24)22-16-10-14-5-6-15(11-16)21-14/h3-4,7-8,12,14-16,21H,2,5-6,9-11H2,1H3,(H,22,24). The maximum Gasteiger partial charge on any atom is 0.270 e. The number of piperidine rings is 1. The Hall–Kier alpha value is -1.92. The van der Waals surface area contributed by atoms with Crippen LogP contribution in [-0.2, 0) is 0 Å². The van der Waals surface area contributed by atoms with Gasteiger partial charge in [-0.25, -0.2) is 4.98 Å². The zero-order chi connectivity index (χ0) is 17.9. The van der Waals surface area contributed by atoms with Crippen LogP contribution >= 0.6 is 11.3 Å². The van der Waals surface area contributed by atoms with E-state index >= 15 is 0 Å². The lowest BCUT2D eigenvalue weighted by atomic mass is 10.00. The highest BCUT2D eigenvalue weighted by Crippen LogP contribution is 2.28. The Morgan fingerprint density at radius 3 is 2.69 bits per heavy atom. The highest BCUT2D eigenvalue weighted by molar-refractivity contribution is 7.13. The normalized spacial score (nSPS) is 24.4. The van der Waals surface area contributed by atoms with Crippen molar-refractivity contribution in [3.8, 4) is 16.3 Å². The highest BCUT2D eigenvalue weighted by Gasteiger charge is 2.34. The van der Waals surface area contributed by atoms with Gasteiger partial charge in [0.25, 0.3) is 5.91 Å². The molecule has 2 aliphatic heterocycles. The average molecular weight is 372 g/mol. The molecule has 1 amide bonds. The number of rotatable bonds is 6. The Balaban J connectivity index is 1.38. The van der Waals surface area contributed by atoms with Crippen molar-refractivity contribution in [3.05, 3.63) is 35.3 Å². The largest absolute Gasteiger partial charge is 0.494 e. The van der Waals surface area contributed by atoms with Gasteiger partial charge < -0.3 is 15.4 Å². The fraction of sp³-hybridized carbons (Fsp3) is 0.500. The smallest absolute Gasteiger partial charge is 0.270 e. The number of thiazole rings is 1. The van der Waals surface area contributed by atoms with Crippen molar-refractivity contribution in [2.24, 2.45) is 0 Å². The van der Waals surface area contributed by atoms with E-state index in [1.54, 1.807) is 0 Å². The van der Waals surface area contributed by atoms with Gasteiger partial charge in [0.1, 0.15) is 16.5 Å². The molecule has 1 aromatic heterocycles. The van der Waals surface area contributed by atoms with E-state index in [9.17, 15) is 4.79 Å². The Kier molecular flexibility index (Phi) is 5.22. The summed E-state index contributed by atoms with van der Waals surface area (Å²) in [4.78, 5) is 17.1. The van der Waals surface area contributed by atoms with Crippen LogP contribution in [0.4, 0.5) is 0 Å². The van der Waals surface area contributed by atoms with Crippen LogP contribution in [0.15, 0.2) is 29.6 Å². The van der Waals surface area contributed by atoms with Crippen molar-refractivity contribution in [1.29, 1.82) is 0 Å². The van der Waals surface area contributed by atoms with Gasteiger partial charge in [-0.05, 0) is 56.4 Å². The third kappa shape index (κ3) is 3.91. The lowest BCUT2D eigenvalue weighted by Gasteiger charge is -2.29. The molecular weight excluding hydrogens is 346 g/mol. The lowest BCUT2D eigenvalue weighted by Crippen LogP contribution is -2.48. The summed E-state index contributed by atoms with van der Waals surface area (Å²) in [5, 5.41) is 9.49. The highest BCUT2D eigenvalue weighted by atomic mass is 32.1. The number of hydrogen-bond donors (Lipinski definition) is 2. The number of carbonyl (C=O) groups is 1. The van der Waals surface area contributed by atoms with E-state index in [1.165, 1.54) is 24.2 Å². The predicted octanol–water partition coefficient (Wildman–Crippen LogP) is 3.61. The van der Waals surface area contributed by atoms with Gasteiger partial charge in [-0.15, -0.1) is 11.3 Å². The Morgan fingerprint density at radius 1 is 1.27 bits per heavy atom. The molecule has 2 aromatic rings. The van der Waals surface area contributed by atoms with Crippen molar-refractivity contribution in [2.75, 3.05) is 6.61 Å². The molecule has 1 aromatic carbocycles. The van der Waals surface area contributed by atoms with Crippen molar-refractivity contribution in [3.63, 3.8) is 0 Å². The van der Waals surface area contributed by atoms with Gasteiger partial charge in [0.05, 0.1) is 6.61 Å². The fourth-order valence-electron chi connectivity index (χ4n) is 3.86. The molecule has 0 spiro atoms. The SMILES string of the molecule is CCCOc1ccc(-c2nc(C(=O)NC3CC4CCC(C3)N4)cs2)cc1. The third-order valence-electron chi connectivity index (χ3n) is 5.12. The van der Waals surface area contributed by atoms with Crippen LogP contribution in [0.1, 0.15) is 49.5 Å². The quantitative estimate of drug-likeness (QED) is 0.814. The molecule has 2 aliphatic rings. The van der Waals surface area contributed by atoms with E-state index in [4.69, 9.17) is 4.74 Å². The van der Waals surface area contributed by atoms with Gasteiger partial charge in [-0.3, -0.25) is 4.79 Å². The number of aromatic nitrogens is 1. The molecule has 0 radical (unpaired) electrons. The van der Waals surface area contributed by atoms with Crippen LogP contribution in [0.5, 0.6) is 5.75 Å². The first-order valence-electron chi connectivity index (χ1n) is 9.47. The number of nitrogens with zero attached hydrogens (tertiary/aromatic N) is 1. The molecule has 2 fully saturated rings. The first-order chi connectivity index (χ1) is 12.7. The topological polar surface area (TPSA) is 63.2 Å². The van der Waals surface area contributed by atoms with Crippen molar-refractivity contribution in [2.45, 2.75) is 57.2 Å². The summed E-state index contributed by atoms with van der Waals surface area (Å²) in [6.07, 6.45) is 5.51. The van der Waals surface area contributed by atoms with E-state index in [1.807, 2.05) is 29.6 Å². The number of hydrogen-bond acceptors (Lipinski definition) is 5. The molecule has 4 rings (SSSR count). The minimum atomic E-state index is -0.0540. The summed E-state index contributed by atoms with van der Waals surface area (Å²) < 4.78 is 5.61. The maximum absolute atomic E-state index is 12.6. The first kappa shape index (κ1) is 17.5. The van der Waals surface area contributed by atoms with Crippen molar-refractivity contribution in [1.82, 2.24) is 15.6 Å². The molecule has 0 saturated carbocycles. The van der Waals surface area contributed by atoms with Gasteiger partial charge in [0.15, 0.2) is 0 Å². The number of ether oxygens (including phenoxy) is 1. The molecule has 2 unspecified atom stereocenters. The van der Waals surface area contributed by atoms with Crippen LogP contribution < -0.4 is 15.4 Å². The second-order valence-corrected chi connectivity index (χ2v) is 8.05. The third-order valence-corrected chi connectivity index (χ3v) is 6.01. The number of fused-ring (bicyclic) bond motifs is 2. The van der Waals surface area contributed by atoms with Gasteiger partial charge in [-0.2, -0.15) is 0 Å². The summed E-state index contributed by atoms with van der Waals surface area (Å²) in [5.74, 6) is 0.812. The molecule has 0 aliphatic carbocycles. The van der Waals surface area contributed by atoms with Gasteiger partial charge >= 0.3 is 0 Å². The fourth-order valence-corrected chi connectivity index (χ4v) is 4.66. The molecule has 3 heterocycles. The van der Waals surface area contributed by atoms with Gasteiger partial charge in [-0.1, -0.05) is 6.92 Å². The zero-order valence-electron chi connectivity index (χ0n) is 15.0. The van der Waals surface area contributed by atoms with Crippen LogP contribution in [0.3, 0.4) is 0 Å². The molecule has 2 atom stereocenters. The number of amides is 1. The van der Waals surface area contributed by atoms with Crippen LogP contribution in [0.25, 0.3) is 10.6 Å². The Labute approximate surface area is 158 Å². The van der Waals surface area contributed by atoms with Crippen LogP contribution in [0.2, 0.25) is 0 Å². The molecule has 2 bridgehead atoms. The van der Waals surface area contributed by atoms with E-state index < -0.39 is 0 Å². The Bertz CT molecular complexity index is 747.